The van der Waals surface area contributed by atoms with Crippen LogP contribution in [0.25, 0.3) is 5.52 Å². The highest BCUT2D eigenvalue weighted by atomic mass is 32.1. The lowest BCUT2D eigenvalue weighted by Crippen LogP contribution is -2.11. The lowest BCUT2D eigenvalue weighted by atomic mass is 9.87. The van der Waals surface area contributed by atoms with Gasteiger partial charge >= 0.3 is 0 Å². The summed E-state index contributed by atoms with van der Waals surface area (Å²) in [6.07, 6.45) is 14.8. The molecule has 0 saturated carbocycles. The van der Waals surface area contributed by atoms with E-state index in [2.05, 4.69) is 152 Å². The average Bonchev–Trinajstić information content (AvgIpc) is 1.68. The van der Waals surface area contributed by atoms with Gasteiger partial charge in [0.15, 0.2) is 33.9 Å². The molecular weight excluding hydrogens is 1280 g/mol. The van der Waals surface area contributed by atoms with E-state index in [0.29, 0.717) is 80.7 Å². The minimum absolute atomic E-state index is 0.00190. The van der Waals surface area contributed by atoms with Crippen LogP contribution in [0.3, 0.4) is 0 Å². The van der Waals surface area contributed by atoms with E-state index >= 15 is 0 Å². The van der Waals surface area contributed by atoms with E-state index in [1.165, 1.54) is 27.4 Å². The first kappa shape index (κ1) is 74.6. The van der Waals surface area contributed by atoms with Gasteiger partial charge < -0.3 is 4.40 Å². The molecule has 20 nitrogen and oxygen atoms in total. The Hall–Kier alpha value is -10.2. The van der Waals surface area contributed by atoms with Crippen molar-refractivity contribution in [2.75, 3.05) is 0 Å². The fourth-order valence-electron chi connectivity index (χ4n) is 9.70. The van der Waals surface area contributed by atoms with Gasteiger partial charge in [-0.05, 0) is 166 Å². The molecule has 0 spiro atoms. The van der Waals surface area contributed by atoms with E-state index in [1.54, 1.807) is 23.9 Å². The summed E-state index contributed by atoms with van der Waals surface area (Å²) in [6, 6.07) is 28.2. The first-order valence-corrected chi connectivity index (χ1v) is 34.8. The molecule has 510 valence electrons. The molecule has 1 unspecified atom stereocenters. The highest BCUT2D eigenvalue weighted by molar-refractivity contribution is 7.11. The molecule has 99 heavy (non-hydrogen) atoms. The van der Waals surface area contributed by atoms with E-state index in [1.807, 2.05) is 159 Å². The molecule has 0 radical (unpaired) electrons. The van der Waals surface area contributed by atoms with Gasteiger partial charge in [0.25, 0.3) is 0 Å². The number of carbonyl (C=O) groups excluding carboxylic acids is 5. The molecule has 0 aromatic carbocycles. The second-order valence-corrected chi connectivity index (χ2v) is 27.6. The summed E-state index contributed by atoms with van der Waals surface area (Å²) >= 11 is 3.04. The average molecular weight is 1360 g/mol. The number of hydrogen-bond acceptors (Lipinski definition) is 21. The van der Waals surface area contributed by atoms with Crippen molar-refractivity contribution in [3.8, 4) is 0 Å². The van der Waals surface area contributed by atoms with E-state index in [0.717, 1.165) is 62.2 Å². The number of thiazole rings is 1. The van der Waals surface area contributed by atoms with Crippen LogP contribution in [0.15, 0.2) is 161 Å². The van der Waals surface area contributed by atoms with Gasteiger partial charge in [-0.2, -0.15) is 51.0 Å². The highest BCUT2D eigenvalue weighted by Gasteiger charge is 2.27. The fraction of sp³-hybridized carbons (Fsp3) is 0.338. The molecular formula is C77H85N15O5S2. The number of aromatic nitrogens is 14. The van der Waals surface area contributed by atoms with E-state index in [9.17, 15) is 24.0 Å². The minimum atomic E-state index is -0.0436. The third-order valence-electron chi connectivity index (χ3n) is 15.8. The Balaban J connectivity index is 0.000000158. The Kier molecular flexibility index (Phi) is 26.6. The van der Waals surface area contributed by atoms with Crippen molar-refractivity contribution < 1.29 is 24.0 Å². The molecule has 0 saturated heterocycles. The maximum absolute atomic E-state index is 12.5. The largest absolute Gasteiger partial charge is 0.305 e. The zero-order chi connectivity index (χ0) is 71.4. The zero-order valence-corrected chi connectivity index (χ0v) is 60.6. The Morgan fingerprint density at radius 1 is 0.455 bits per heavy atom. The molecule has 1 atom stereocenters. The summed E-state index contributed by atoms with van der Waals surface area (Å²) in [4.78, 5) is 79.6. The minimum Gasteiger partial charge on any atom is -0.305 e. The zero-order valence-electron chi connectivity index (χ0n) is 58.9. The van der Waals surface area contributed by atoms with Gasteiger partial charge in [0.05, 0.1) is 100 Å². The molecule has 0 amide bonds. The van der Waals surface area contributed by atoms with E-state index < -0.39 is 0 Å². The molecule has 12 rings (SSSR count). The maximum Gasteiger partial charge on any atom is 0.197 e. The fourth-order valence-corrected chi connectivity index (χ4v) is 11.5. The Morgan fingerprint density at radius 2 is 0.949 bits per heavy atom. The first-order valence-electron chi connectivity index (χ1n) is 33.0. The van der Waals surface area contributed by atoms with Gasteiger partial charge in [-0.3, -0.25) is 33.9 Å². The van der Waals surface area contributed by atoms with Crippen molar-refractivity contribution in [1.29, 1.82) is 0 Å². The number of thiophene rings is 1. The van der Waals surface area contributed by atoms with Gasteiger partial charge in [0, 0.05) is 57.0 Å². The summed E-state index contributed by atoms with van der Waals surface area (Å²) in [5.74, 6) is 2.32. The number of ketones is 5. The van der Waals surface area contributed by atoms with Crippen LogP contribution in [0.1, 0.15) is 213 Å². The Labute approximate surface area is 586 Å². The van der Waals surface area contributed by atoms with Gasteiger partial charge in [-0.15, -0.1) is 22.7 Å². The van der Waals surface area contributed by atoms with Crippen LogP contribution in [0.2, 0.25) is 0 Å². The second kappa shape index (κ2) is 35.4. The summed E-state index contributed by atoms with van der Waals surface area (Å²) in [5.41, 5.74) is 16.4. The van der Waals surface area contributed by atoms with Crippen molar-refractivity contribution in [1.82, 2.24) is 70.3 Å². The van der Waals surface area contributed by atoms with Crippen LogP contribution in [-0.4, -0.2) is 105 Å². The monoisotopic (exact) mass is 1360 g/mol. The second-order valence-electron chi connectivity index (χ2n) is 25.8. The van der Waals surface area contributed by atoms with Gasteiger partial charge in [-0.1, -0.05) is 93.5 Å². The van der Waals surface area contributed by atoms with E-state index in [-0.39, 0.29) is 60.5 Å². The number of aryl methyl sites for hydroxylation is 5. The number of fused-ring (bicyclic) bond motifs is 2. The standard InChI is InChI=1S/C18H19N3O.C17H18N4O.C15H17N3O.C14H16N2OS.C13H15N3OS/c1-11(2)13-5-7-16-14(8-13)10-19-18(16)17(22)9-15-6-4-12(3)20-21-15;1-11(2)13-5-7-15-17(18-10-21(15)9-13)16(22)8-14-6-4-12(3)19-20-14;1-10(2)14-7-5-12(9-16-14)15(19)8-13-6-4-11(3)17-18-13;1-9(2)14-6-11(8-18-14)13(17)7-12-5-4-10(3)15-16-12;1-8(2)11-7-18-13(14-11)12(17)6-10-5-4-9(3)15-16-10/h4-8,10-11,14H,9H2,1-3H3;4-7,9-11H,8H2,1-3H3;4-7,9-10H,8H2,1-3H3;4-6,8-9H,7H2,1-3H3;4-5,7-8H,6H2,1-3H3. The summed E-state index contributed by atoms with van der Waals surface area (Å²) < 4.78 is 1.91. The number of nitrogens with zero attached hydrogens (tertiary/aromatic N) is 15. The van der Waals surface area contributed by atoms with Crippen molar-refractivity contribution in [2.24, 2.45) is 16.8 Å². The SMILES string of the molecule is Cc1ccc(CC(=O)C2=C3C=CC(C(C)C)=CC3C=N2)nn1.Cc1ccc(CC(=O)c2ccc(C(C)C)nc2)nn1.Cc1ccc(CC(=O)c2csc(C(C)C)c2)nn1.Cc1ccc(CC(=O)c2nc(C(C)C)cs2)nn1.Cc1ccc(CC(=O)c2ncn3cc(C(C)C)ccc23)nn1. The Morgan fingerprint density at radius 3 is 1.38 bits per heavy atom. The Bertz CT molecular complexity index is 4430. The lowest BCUT2D eigenvalue weighted by Gasteiger charge is -2.16. The molecule has 2 aliphatic rings. The smallest absolute Gasteiger partial charge is 0.197 e. The summed E-state index contributed by atoms with van der Waals surface area (Å²) in [7, 11) is 0. The van der Waals surface area contributed by atoms with Gasteiger partial charge in [0.1, 0.15) is 17.7 Å². The lowest BCUT2D eigenvalue weighted by molar-refractivity contribution is -0.115. The quantitative estimate of drug-likeness (QED) is 0.0641. The van der Waals surface area contributed by atoms with Crippen LogP contribution < -0.4 is 0 Å². The van der Waals surface area contributed by atoms with Crippen LogP contribution in [0.4, 0.5) is 0 Å². The number of aliphatic imine (C=N–C) groups is 1. The molecule has 11 heterocycles. The van der Waals surface area contributed by atoms with Crippen LogP contribution in [0.5, 0.6) is 0 Å². The van der Waals surface area contributed by atoms with Crippen molar-refractivity contribution in [2.45, 2.75) is 160 Å². The number of allylic oxidation sites excluding steroid dienone is 6. The van der Waals surface area contributed by atoms with Crippen molar-refractivity contribution >= 4 is 63.3 Å². The number of pyridine rings is 2. The molecule has 0 N–H and O–H groups in total. The van der Waals surface area contributed by atoms with Gasteiger partial charge in [-0.25, -0.2) is 9.97 Å². The normalized spacial score (nSPS) is 12.9. The van der Waals surface area contributed by atoms with Crippen molar-refractivity contribution in [3.05, 3.63) is 256 Å². The van der Waals surface area contributed by atoms with Gasteiger partial charge in [0.2, 0.25) is 0 Å². The summed E-state index contributed by atoms with van der Waals surface area (Å²) in [6.45, 7) is 30.5. The molecule has 10 aromatic heterocycles. The first-order chi connectivity index (χ1) is 47.3. The molecule has 1 aliphatic carbocycles. The molecule has 0 fully saturated rings. The van der Waals surface area contributed by atoms with Crippen LogP contribution in [-0.2, 0) is 36.9 Å². The third-order valence-corrected chi connectivity index (χ3v) is 17.9. The van der Waals surface area contributed by atoms with Crippen LogP contribution >= 0.6 is 22.7 Å². The molecule has 10 aromatic rings. The number of Topliss-reactive ketones (excluding diaryl/α,β-unsaturated/α-hetero) is 5. The predicted molar refractivity (Wildman–Crippen MR) is 388 cm³/mol. The molecule has 0 bridgehead atoms. The van der Waals surface area contributed by atoms with Crippen molar-refractivity contribution in [3.63, 3.8) is 0 Å². The number of imidazole rings is 1. The van der Waals surface area contributed by atoms with E-state index in [4.69, 9.17) is 0 Å². The molecule has 22 heteroatoms. The predicted octanol–water partition coefficient (Wildman–Crippen LogP) is 14.9. The maximum atomic E-state index is 12.5. The number of carbonyl (C=O) groups is 5. The number of rotatable bonds is 20. The third kappa shape index (κ3) is 21.9. The summed E-state index contributed by atoms with van der Waals surface area (Å²) in [5, 5.41) is 44.3. The van der Waals surface area contributed by atoms with Crippen LogP contribution in [0, 0.1) is 46.5 Å². The topological polar surface area (TPSA) is 270 Å². The number of hydrogen-bond donors (Lipinski definition) is 0. The molecule has 1 aliphatic heterocycles. The highest BCUT2D eigenvalue weighted by Crippen LogP contribution is 2.33.